The number of esters is 1. The SMILES string of the molecule is C=C(C[C@@H](OCc1ccccc1)C(=O)[C@](C)(O[Si](C)(C)C)C(=O)OC)[C@@H]1CC=C(C)[C@H](O[Si](C)(C)C(C)(C)C)C1. The smallest absolute Gasteiger partial charge is 0.344 e. The molecule has 0 aromatic heterocycles. The fraction of sp³-hybridized carbons (Fsp3) is 0.625. The van der Waals surface area contributed by atoms with Gasteiger partial charge in [-0.15, -0.1) is 0 Å². The van der Waals surface area contributed by atoms with E-state index in [1.165, 1.54) is 19.6 Å². The van der Waals surface area contributed by atoms with Crippen molar-refractivity contribution < 1.29 is 27.9 Å². The predicted octanol–water partition coefficient (Wildman–Crippen LogP) is 7.62. The summed E-state index contributed by atoms with van der Waals surface area (Å²) in [6.07, 6.45) is 3.28. The van der Waals surface area contributed by atoms with E-state index < -0.39 is 40.1 Å². The lowest BCUT2D eigenvalue weighted by atomic mass is 9.80. The van der Waals surface area contributed by atoms with Crippen molar-refractivity contribution in [2.24, 2.45) is 5.92 Å². The van der Waals surface area contributed by atoms with Crippen molar-refractivity contribution in [2.75, 3.05) is 7.11 Å². The fourth-order valence-corrected chi connectivity index (χ4v) is 7.47. The minimum absolute atomic E-state index is 0.0198. The van der Waals surface area contributed by atoms with E-state index in [0.29, 0.717) is 0 Å². The van der Waals surface area contributed by atoms with Crippen LogP contribution in [0.3, 0.4) is 0 Å². The molecule has 0 heterocycles. The van der Waals surface area contributed by atoms with E-state index in [4.69, 9.17) is 18.3 Å². The summed E-state index contributed by atoms with van der Waals surface area (Å²) in [5.41, 5.74) is 1.34. The average Bonchev–Trinajstić information content (AvgIpc) is 2.85. The summed E-state index contributed by atoms with van der Waals surface area (Å²) in [6.45, 7) is 25.4. The maximum atomic E-state index is 14.1. The average molecular weight is 589 g/mol. The Morgan fingerprint density at radius 2 is 1.65 bits per heavy atom. The van der Waals surface area contributed by atoms with Gasteiger partial charge < -0.3 is 18.3 Å². The Morgan fingerprint density at radius 3 is 2.17 bits per heavy atom. The molecule has 0 N–H and O–H groups in total. The molecule has 4 atom stereocenters. The van der Waals surface area contributed by atoms with E-state index in [9.17, 15) is 9.59 Å². The molecule has 1 aliphatic rings. The molecule has 8 heteroatoms. The topological polar surface area (TPSA) is 71.1 Å². The molecule has 0 fully saturated rings. The highest BCUT2D eigenvalue weighted by molar-refractivity contribution is 6.74. The van der Waals surface area contributed by atoms with Crippen LogP contribution in [0.1, 0.15) is 59.4 Å². The van der Waals surface area contributed by atoms with Crippen LogP contribution in [0, 0.1) is 5.92 Å². The number of Topliss-reactive ketones (excluding diaryl/α,β-unsaturated/α-hetero) is 1. The lowest BCUT2D eigenvalue weighted by Gasteiger charge is -2.42. The number of carbonyl (C=O) groups is 2. The third-order valence-electron chi connectivity index (χ3n) is 8.14. The number of benzene rings is 1. The summed E-state index contributed by atoms with van der Waals surface area (Å²) in [6, 6.07) is 9.70. The number of hydrogen-bond donors (Lipinski definition) is 0. The van der Waals surface area contributed by atoms with E-state index >= 15 is 0 Å². The van der Waals surface area contributed by atoms with Gasteiger partial charge in [-0.2, -0.15) is 0 Å². The van der Waals surface area contributed by atoms with E-state index in [0.717, 1.165) is 24.0 Å². The van der Waals surface area contributed by atoms with Gasteiger partial charge in [0.2, 0.25) is 11.4 Å². The van der Waals surface area contributed by atoms with Crippen LogP contribution >= 0.6 is 0 Å². The Morgan fingerprint density at radius 1 is 1.05 bits per heavy atom. The van der Waals surface area contributed by atoms with Crippen molar-refractivity contribution in [3.05, 3.63) is 59.7 Å². The number of methoxy groups -OCH3 is 1. The van der Waals surface area contributed by atoms with Gasteiger partial charge in [-0.1, -0.05) is 69.3 Å². The largest absolute Gasteiger partial charge is 0.467 e. The van der Waals surface area contributed by atoms with Gasteiger partial charge in [-0.05, 0) is 81.5 Å². The summed E-state index contributed by atoms with van der Waals surface area (Å²) >= 11 is 0. The second-order valence-electron chi connectivity index (χ2n) is 13.7. The Kier molecular flexibility index (Phi) is 11.5. The van der Waals surface area contributed by atoms with Crippen molar-refractivity contribution in [1.29, 1.82) is 0 Å². The van der Waals surface area contributed by atoms with Crippen molar-refractivity contribution in [2.45, 2.75) is 116 Å². The van der Waals surface area contributed by atoms with Gasteiger partial charge in [-0.25, -0.2) is 4.79 Å². The molecular weight excluding hydrogens is 537 g/mol. The quantitative estimate of drug-likeness (QED) is 0.102. The maximum absolute atomic E-state index is 14.1. The summed E-state index contributed by atoms with van der Waals surface area (Å²) in [5.74, 6) is -1.01. The summed E-state index contributed by atoms with van der Waals surface area (Å²) in [4.78, 5) is 27.1. The Hall–Kier alpha value is -1.85. The molecule has 0 saturated carbocycles. The second-order valence-corrected chi connectivity index (χ2v) is 22.9. The second kappa shape index (κ2) is 13.4. The van der Waals surface area contributed by atoms with Gasteiger partial charge in [0.15, 0.2) is 16.6 Å². The number of ether oxygens (including phenoxy) is 2. The highest BCUT2D eigenvalue weighted by Crippen LogP contribution is 2.41. The molecule has 1 aromatic rings. The third-order valence-corrected chi connectivity index (χ3v) is 13.6. The molecule has 1 aromatic carbocycles. The minimum atomic E-state index is -2.31. The number of ketones is 1. The fourth-order valence-electron chi connectivity index (χ4n) is 4.72. The van der Waals surface area contributed by atoms with Gasteiger partial charge in [0.1, 0.15) is 6.10 Å². The van der Waals surface area contributed by atoms with Gasteiger partial charge in [0.25, 0.3) is 0 Å². The molecule has 40 heavy (non-hydrogen) atoms. The summed E-state index contributed by atoms with van der Waals surface area (Å²) in [5, 5.41) is 0.106. The van der Waals surface area contributed by atoms with Crippen LogP contribution in [0.5, 0.6) is 0 Å². The Balaban J connectivity index is 2.32. The van der Waals surface area contributed by atoms with Crippen LogP contribution in [0.2, 0.25) is 37.8 Å². The van der Waals surface area contributed by atoms with Crippen LogP contribution in [-0.2, 0) is 34.5 Å². The van der Waals surface area contributed by atoms with Crippen LogP contribution in [0.25, 0.3) is 0 Å². The lowest BCUT2D eigenvalue weighted by molar-refractivity contribution is -0.169. The molecule has 0 aliphatic heterocycles. The standard InChI is InChI=1S/C32H52O6Si2/c1-23-18-19-26(21-27(23)37-40(11,12)31(3,4)5)24(2)20-28(36-22-25-16-14-13-15-17-25)29(33)32(6,30(34)35-7)38-39(8,9)10/h13-18,26-28H,2,19-22H2,1,3-12H3/t26-,27-,28-,32+/m1/s1. The van der Waals surface area contributed by atoms with Gasteiger partial charge >= 0.3 is 5.97 Å². The molecule has 0 radical (unpaired) electrons. The molecule has 2 rings (SSSR count). The van der Waals surface area contributed by atoms with Crippen molar-refractivity contribution in [3.8, 4) is 0 Å². The Labute approximate surface area is 244 Å². The molecule has 0 saturated heterocycles. The zero-order valence-corrected chi connectivity index (χ0v) is 28.7. The molecule has 6 nitrogen and oxygen atoms in total. The molecule has 0 amide bonds. The van der Waals surface area contributed by atoms with Crippen molar-refractivity contribution >= 4 is 28.4 Å². The summed E-state index contributed by atoms with van der Waals surface area (Å²) < 4.78 is 24.3. The van der Waals surface area contributed by atoms with E-state index in [-0.39, 0.29) is 30.1 Å². The number of rotatable bonds is 13. The molecule has 0 unspecified atom stereocenters. The van der Waals surface area contributed by atoms with Gasteiger partial charge in [-0.3, -0.25) is 4.79 Å². The van der Waals surface area contributed by atoms with E-state index in [1.807, 2.05) is 50.0 Å². The predicted molar refractivity (Wildman–Crippen MR) is 167 cm³/mol. The maximum Gasteiger partial charge on any atom is 0.344 e. The normalized spacial score (nSPS) is 20.7. The first-order chi connectivity index (χ1) is 18.3. The Bertz CT molecular complexity index is 1070. The zero-order valence-electron chi connectivity index (χ0n) is 26.7. The van der Waals surface area contributed by atoms with Crippen LogP contribution in [-0.4, -0.2) is 53.3 Å². The lowest BCUT2D eigenvalue weighted by Crippen LogP contribution is -2.56. The molecule has 0 spiro atoms. The van der Waals surface area contributed by atoms with Gasteiger partial charge in [0.05, 0.1) is 19.8 Å². The minimum Gasteiger partial charge on any atom is -0.467 e. The van der Waals surface area contributed by atoms with E-state index in [1.54, 1.807) is 0 Å². The van der Waals surface area contributed by atoms with Crippen LogP contribution < -0.4 is 0 Å². The van der Waals surface area contributed by atoms with Crippen molar-refractivity contribution in [1.82, 2.24) is 0 Å². The third kappa shape index (κ3) is 9.08. The molecule has 224 valence electrons. The zero-order chi connectivity index (χ0) is 30.5. The highest BCUT2D eigenvalue weighted by atomic mass is 28.4. The summed E-state index contributed by atoms with van der Waals surface area (Å²) in [7, 11) is -3.01. The van der Waals surface area contributed by atoms with E-state index in [2.05, 4.69) is 53.4 Å². The number of allylic oxidation sites excluding steroid dienone is 1. The molecule has 0 bridgehead atoms. The number of carbonyl (C=O) groups excluding carboxylic acids is 2. The molecule has 1 aliphatic carbocycles. The van der Waals surface area contributed by atoms with Crippen molar-refractivity contribution in [3.63, 3.8) is 0 Å². The highest BCUT2D eigenvalue weighted by Gasteiger charge is 2.50. The first-order valence-corrected chi connectivity index (χ1v) is 20.6. The van der Waals surface area contributed by atoms with Crippen LogP contribution in [0.4, 0.5) is 0 Å². The van der Waals surface area contributed by atoms with Gasteiger partial charge in [0, 0.05) is 6.42 Å². The number of hydrogen-bond acceptors (Lipinski definition) is 6. The monoisotopic (exact) mass is 588 g/mol. The first kappa shape index (κ1) is 34.4. The molecular formula is C32H52O6Si2. The van der Waals surface area contributed by atoms with Crippen LogP contribution in [0.15, 0.2) is 54.1 Å². The first-order valence-electron chi connectivity index (χ1n) is 14.3.